The molecule has 0 unspecified atom stereocenters. The Labute approximate surface area is 178 Å². The molecule has 0 radical (unpaired) electrons. The molecule has 2 heterocycles. The number of thiophene rings is 1. The number of hydrogen-bond acceptors (Lipinski definition) is 4. The molecule has 1 aliphatic heterocycles. The first-order valence-electron chi connectivity index (χ1n) is 9.79. The van der Waals surface area contributed by atoms with Crippen molar-refractivity contribution >= 4 is 17.2 Å². The zero-order valence-electron chi connectivity index (χ0n) is 16.4. The molecule has 1 fully saturated rings. The maximum absolute atomic E-state index is 13.7. The van der Waals surface area contributed by atoms with Gasteiger partial charge in [-0.3, -0.25) is 9.69 Å². The van der Waals surface area contributed by atoms with Crippen molar-refractivity contribution in [1.29, 1.82) is 0 Å². The summed E-state index contributed by atoms with van der Waals surface area (Å²) < 4.78 is 32.1. The highest BCUT2D eigenvalue weighted by Gasteiger charge is 2.23. The highest BCUT2D eigenvalue weighted by Crippen LogP contribution is 2.22. The minimum absolute atomic E-state index is 0.00925. The van der Waals surface area contributed by atoms with Gasteiger partial charge in [-0.1, -0.05) is 30.3 Å². The maximum Gasteiger partial charge on any atom is 0.264 e. The molecule has 1 aliphatic rings. The number of nitrogens with zero attached hydrogens (tertiary/aromatic N) is 2. The number of ether oxygens (including phenoxy) is 1. The summed E-state index contributed by atoms with van der Waals surface area (Å²) in [6.45, 7) is 4.07. The Morgan fingerprint density at radius 3 is 2.47 bits per heavy atom. The van der Waals surface area contributed by atoms with Gasteiger partial charge in [-0.2, -0.15) is 0 Å². The van der Waals surface area contributed by atoms with E-state index in [4.69, 9.17) is 4.74 Å². The van der Waals surface area contributed by atoms with E-state index >= 15 is 0 Å². The number of hydrogen-bond donors (Lipinski definition) is 0. The van der Waals surface area contributed by atoms with Gasteiger partial charge in [0.05, 0.1) is 4.88 Å². The lowest BCUT2D eigenvalue weighted by Gasteiger charge is -2.34. The van der Waals surface area contributed by atoms with E-state index in [0.717, 1.165) is 37.3 Å². The molecule has 30 heavy (non-hydrogen) atoms. The highest BCUT2D eigenvalue weighted by atomic mass is 32.1. The number of piperazine rings is 1. The zero-order valence-corrected chi connectivity index (χ0v) is 17.2. The zero-order chi connectivity index (χ0) is 20.9. The molecule has 1 amide bonds. The number of halogens is 2. The molecular formula is C23H22F2N2O2S. The van der Waals surface area contributed by atoms with E-state index in [1.54, 1.807) is 6.07 Å². The number of rotatable bonds is 6. The van der Waals surface area contributed by atoms with Gasteiger partial charge in [0.25, 0.3) is 5.91 Å². The molecule has 0 spiro atoms. The maximum atomic E-state index is 13.7. The Kier molecular flexibility index (Phi) is 6.40. The lowest BCUT2D eigenvalue weighted by Crippen LogP contribution is -2.48. The summed E-state index contributed by atoms with van der Waals surface area (Å²) in [5.74, 6) is -1.38. The molecule has 1 saturated heterocycles. The fraction of sp³-hybridized carbons (Fsp3) is 0.261. The Hall–Kier alpha value is -2.77. The Morgan fingerprint density at radius 1 is 0.967 bits per heavy atom. The smallest absolute Gasteiger partial charge is 0.264 e. The molecule has 156 valence electrons. The van der Waals surface area contributed by atoms with Gasteiger partial charge < -0.3 is 9.64 Å². The standard InChI is InChI=1S/C23H22F2N2O2S/c24-19-6-7-21(20(25)13-19)29-15-18-12-22(30-16-18)23(28)27-10-8-26(9-11-27)14-17-4-2-1-3-5-17/h1-7,12-13,16H,8-11,14-15H2. The molecule has 4 rings (SSSR count). The summed E-state index contributed by atoms with van der Waals surface area (Å²) in [5, 5.41) is 1.83. The van der Waals surface area contributed by atoms with Crippen LogP contribution in [-0.4, -0.2) is 41.9 Å². The van der Waals surface area contributed by atoms with E-state index in [-0.39, 0.29) is 18.3 Å². The van der Waals surface area contributed by atoms with Crippen LogP contribution in [0.15, 0.2) is 60.0 Å². The van der Waals surface area contributed by atoms with Gasteiger partial charge in [0, 0.05) is 44.4 Å². The monoisotopic (exact) mass is 428 g/mol. The fourth-order valence-corrected chi connectivity index (χ4v) is 4.29. The van der Waals surface area contributed by atoms with E-state index < -0.39 is 11.6 Å². The summed E-state index contributed by atoms with van der Waals surface area (Å²) in [6, 6.07) is 15.3. The van der Waals surface area contributed by atoms with Crippen molar-refractivity contribution in [2.24, 2.45) is 0 Å². The molecule has 0 atom stereocenters. The first-order valence-corrected chi connectivity index (χ1v) is 10.7. The van der Waals surface area contributed by atoms with Crippen LogP contribution in [0.4, 0.5) is 8.78 Å². The van der Waals surface area contributed by atoms with Crippen molar-refractivity contribution in [3.05, 3.63) is 87.6 Å². The van der Waals surface area contributed by atoms with E-state index in [1.165, 1.54) is 23.0 Å². The van der Waals surface area contributed by atoms with Crippen molar-refractivity contribution in [1.82, 2.24) is 9.80 Å². The van der Waals surface area contributed by atoms with Crippen LogP contribution in [0.1, 0.15) is 20.8 Å². The second-order valence-electron chi connectivity index (χ2n) is 7.24. The third-order valence-corrected chi connectivity index (χ3v) is 6.03. The number of amides is 1. The Bertz CT molecular complexity index is 1000. The van der Waals surface area contributed by atoms with Crippen LogP contribution in [0.5, 0.6) is 5.75 Å². The molecular weight excluding hydrogens is 406 g/mol. The highest BCUT2D eigenvalue weighted by molar-refractivity contribution is 7.12. The normalized spacial score (nSPS) is 14.7. The average Bonchev–Trinajstić information content (AvgIpc) is 3.23. The Morgan fingerprint density at radius 2 is 1.73 bits per heavy atom. The van der Waals surface area contributed by atoms with Crippen LogP contribution >= 0.6 is 11.3 Å². The van der Waals surface area contributed by atoms with Crippen molar-refractivity contribution < 1.29 is 18.3 Å². The van der Waals surface area contributed by atoms with Crippen molar-refractivity contribution in [3.63, 3.8) is 0 Å². The summed E-state index contributed by atoms with van der Waals surface area (Å²) in [7, 11) is 0. The van der Waals surface area contributed by atoms with Gasteiger partial charge in [-0.15, -0.1) is 11.3 Å². The van der Waals surface area contributed by atoms with Gasteiger partial charge >= 0.3 is 0 Å². The summed E-state index contributed by atoms with van der Waals surface area (Å²) >= 11 is 1.36. The largest absolute Gasteiger partial charge is 0.486 e. The molecule has 3 aromatic rings. The molecule has 7 heteroatoms. The third-order valence-electron chi connectivity index (χ3n) is 5.06. The van der Waals surface area contributed by atoms with E-state index in [9.17, 15) is 13.6 Å². The molecule has 0 N–H and O–H groups in total. The second kappa shape index (κ2) is 9.36. The first-order chi connectivity index (χ1) is 14.6. The minimum atomic E-state index is -0.741. The lowest BCUT2D eigenvalue weighted by atomic mass is 10.2. The molecule has 0 bridgehead atoms. The second-order valence-corrected chi connectivity index (χ2v) is 8.15. The SMILES string of the molecule is O=C(c1cc(COc2ccc(F)cc2F)cs1)N1CCN(Cc2ccccc2)CC1. The molecule has 2 aromatic carbocycles. The number of carbonyl (C=O) groups is 1. The summed E-state index contributed by atoms with van der Waals surface area (Å²) in [5.41, 5.74) is 2.06. The summed E-state index contributed by atoms with van der Waals surface area (Å²) in [6.07, 6.45) is 0. The fourth-order valence-electron chi connectivity index (χ4n) is 3.42. The topological polar surface area (TPSA) is 32.8 Å². The average molecular weight is 429 g/mol. The van der Waals surface area contributed by atoms with E-state index in [1.807, 2.05) is 28.5 Å². The van der Waals surface area contributed by atoms with Gasteiger partial charge in [-0.25, -0.2) is 8.78 Å². The molecule has 4 nitrogen and oxygen atoms in total. The lowest BCUT2D eigenvalue weighted by molar-refractivity contribution is 0.0633. The van der Waals surface area contributed by atoms with Gasteiger partial charge in [0.15, 0.2) is 11.6 Å². The van der Waals surface area contributed by atoms with Crippen molar-refractivity contribution in [3.8, 4) is 5.75 Å². The van der Waals surface area contributed by atoms with Crippen LogP contribution in [0.3, 0.4) is 0 Å². The molecule has 0 aliphatic carbocycles. The van der Waals surface area contributed by atoms with Crippen LogP contribution in [0.25, 0.3) is 0 Å². The predicted molar refractivity (Wildman–Crippen MR) is 113 cm³/mol. The van der Waals surface area contributed by atoms with Crippen LogP contribution < -0.4 is 4.74 Å². The van der Waals surface area contributed by atoms with Gasteiger partial charge in [0.1, 0.15) is 12.4 Å². The first kappa shape index (κ1) is 20.5. The predicted octanol–water partition coefficient (Wildman–Crippen LogP) is 4.56. The van der Waals surface area contributed by atoms with Crippen molar-refractivity contribution in [2.75, 3.05) is 26.2 Å². The minimum Gasteiger partial charge on any atom is -0.486 e. The number of benzene rings is 2. The third kappa shape index (κ3) is 5.04. The molecule has 1 aromatic heterocycles. The number of carbonyl (C=O) groups excluding carboxylic acids is 1. The van der Waals surface area contributed by atoms with E-state index in [2.05, 4.69) is 17.0 Å². The Balaban J connectivity index is 1.29. The van der Waals surface area contributed by atoms with Gasteiger partial charge in [0.2, 0.25) is 0 Å². The summed E-state index contributed by atoms with van der Waals surface area (Å²) in [4.78, 5) is 17.7. The van der Waals surface area contributed by atoms with Crippen LogP contribution in [0, 0.1) is 11.6 Å². The van der Waals surface area contributed by atoms with Gasteiger partial charge in [-0.05, 0) is 29.1 Å². The molecule has 0 saturated carbocycles. The van der Waals surface area contributed by atoms with E-state index in [0.29, 0.717) is 18.0 Å². The van der Waals surface area contributed by atoms with Crippen molar-refractivity contribution in [2.45, 2.75) is 13.2 Å². The van der Waals surface area contributed by atoms with Crippen LogP contribution in [0.2, 0.25) is 0 Å². The van der Waals surface area contributed by atoms with Crippen LogP contribution in [-0.2, 0) is 13.2 Å². The quantitative estimate of drug-likeness (QED) is 0.577.